The zero-order valence-electron chi connectivity index (χ0n) is 32.6. The Morgan fingerprint density at radius 3 is 0.836 bits per heavy atom. The fourth-order valence-corrected chi connectivity index (χ4v) is 9.67. The van der Waals surface area contributed by atoms with E-state index in [1.54, 1.807) is 0 Å². The molecule has 0 radical (unpaired) electrons. The van der Waals surface area contributed by atoms with E-state index in [1.165, 1.54) is 22.3 Å². The van der Waals surface area contributed by atoms with Crippen LogP contribution in [-0.2, 0) is 10.8 Å². The fourth-order valence-electron chi connectivity index (χ4n) is 9.67. The molecule has 4 aromatic rings. The molecule has 55 heavy (non-hydrogen) atoms. The van der Waals surface area contributed by atoms with Crippen molar-refractivity contribution in [2.45, 2.75) is 76.0 Å². The van der Waals surface area contributed by atoms with Crippen molar-refractivity contribution in [1.82, 2.24) is 0 Å². The van der Waals surface area contributed by atoms with E-state index in [9.17, 15) is 20.4 Å². The molecule has 0 bridgehead atoms. The van der Waals surface area contributed by atoms with Crippen LogP contribution in [0.5, 0.6) is 23.0 Å². The second-order valence-electron chi connectivity index (χ2n) is 15.9. The van der Waals surface area contributed by atoms with Gasteiger partial charge < -0.3 is 39.4 Å². The summed E-state index contributed by atoms with van der Waals surface area (Å²) < 4.78 is 22.9. The lowest BCUT2D eigenvalue weighted by molar-refractivity contribution is 0.0364. The van der Waals surface area contributed by atoms with Gasteiger partial charge in [0.05, 0.1) is 26.4 Å². The molecule has 4 N–H and O–H groups in total. The van der Waals surface area contributed by atoms with Gasteiger partial charge >= 0.3 is 0 Å². The minimum Gasteiger partial charge on any atom is -0.491 e. The van der Waals surface area contributed by atoms with Crippen LogP contribution in [0.4, 0.5) is 0 Å². The van der Waals surface area contributed by atoms with Crippen LogP contribution in [0.3, 0.4) is 0 Å². The van der Waals surface area contributed by atoms with Crippen molar-refractivity contribution in [1.29, 1.82) is 0 Å². The van der Waals surface area contributed by atoms with E-state index in [2.05, 4.69) is 62.4 Å². The van der Waals surface area contributed by atoms with Gasteiger partial charge in [-0.2, -0.15) is 0 Å². The molecule has 2 fully saturated rings. The molecule has 2 aliphatic rings. The van der Waals surface area contributed by atoms with Crippen LogP contribution in [-0.4, -0.2) is 73.3 Å². The van der Waals surface area contributed by atoms with Crippen molar-refractivity contribution in [3.05, 3.63) is 119 Å². The molecule has 0 unspecified atom stereocenters. The van der Waals surface area contributed by atoms with E-state index in [-0.39, 0.29) is 69.1 Å². The summed E-state index contributed by atoms with van der Waals surface area (Å²) in [6, 6.07) is 33.8. The first-order valence-electron chi connectivity index (χ1n) is 20.1. The molecule has 0 saturated heterocycles. The average Bonchev–Trinajstić information content (AvgIpc) is 3.24. The van der Waals surface area contributed by atoms with Crippen LogP contribution in [0.25, 0.3) is 0 Å². The molecular formula is C47H60O8. The Bertz CT molecular complexity index is 1480. The maximum Gasteiger partial charge on any atom is 0.119 e. The Morgan fingerprint density at radius 2 is 0.636 bits per heavy atom. The SMILES string of the molecule is CC(C)(C1CCC(c2ccc(OCCO)cc2)(c2ccc(OCCO)cc2)CC1)C1CCC(c2ccc(OCCO)cc2)(c2ccc(OCCO)cc2)CC1. The lowest BCUT2D eigenvalue weighted by Gasteiger charge is -2.51. The molecule has 0 aromatic heterocycles. The molecular weight excluding hydrogens is 693 g/mol. The number of hydrogen-bond donors (Lipinski definition) is 4. The smallest absolute Gasteiger partial charge is 0.119 e. The molecule has 296 valence electrons. The third kappa shape index (κ3) is 9.15. The average molecular weight is 753 g/mol. The highest BCUT2D eigenvalue weighted by molar-refractivity contribution is 5.45. The monoisotopic (exact) mass is 752 g/mol. The van der Waals surface area contributed by atoms with E-state index < -0.39 is 0 Å². The minimum absolute atomic E-state index is 0.0150. The number of benzene rings is 4. The van der Waals surface area contributed by atoms with Gasteiger partial charge in [-0.05, 0) is 139 Å². The highest BCUT2D eigenvalue weighted by Crippen LogP contribution is 2.57. The summed E-state index contributed by atoms with van der Waals surface area (Å²) in [6.07, 6.45) is 8.69. The highest BCUT2D eigenvalue weighted by Gasteiger charge is 2.48. The predicted molar refractivity (Wildman–Crippen MR) is 215 cm³/mol. The van der Waals surface area contributed by atoms with Crippen molar-refractivity contribution in [3.63, 3.8) is 0 Å². The molecule has 8 heteroatoms. The van der Waals surface area contributed by atoms with Crippen LogP contribution < -0.4 is 18.9 Å². The van der Waals surface area contributed by atoms with Crippen molar-refractivity contribution in [2.24, 2.45) is 17.3 Å². The molecule has 0 aliphatic heterocycles. The van der Waals surface area contributed by atoms with E-state index in [4.69, 9.17) is 18.9 Å². The van der Waals surface area contributed by atoms with Gasteiger partial charge in [-0.25, -0.2) is 0 Å². The summed E-state index contributed by atoms with van der Waals surface area (Å²) in [5.74, 6) is 4.23. The molecule has 0 atom stereocenters. The van der Waals surface area contributed by atoms with Crippen molar-refractivity contribution in [2.75, 3.05) is 52.9 Å². The molecule has 8 nitrogen and oxygen atoms in total. The molecule has 0 amide bonds. The van der Waals surface area contributed by atoms with Crippen LogP contribution in [0, 0.1) is 17.3 Å². The van der Waals surface area contributed by atoms with Gasteiger partial charge in [-0.3, -0.25) is 0 Å². The topological polar surface area (TPSA) is 118 Å². The second kappa shape index (κ2) is 18.7. The van der Waals surface area contributed by atoms with Gasteiger partial charge in [0.25, 0.3) is 0 Å². The number of rotatable bonds is 18. The third-order valence-electron chi connectivity index (χ3n) is 12.9. The lowest BCUT2D eigenvalue weighted by atomic mass is 9.53. The van der Waals surface area contributed by atoms with E-state index in [1.807, 2.05) is 48.5 Å². The first-order valence-corrected chi connectivity index (χ1v) is 20.1. The van der Waals surface area contributed by atoms with Gasteiger partial charge in [0.2, 0.25) is 0 Å². The summed E-state index contributed by atoms with van der Waals surface area (Å²) in [5, 5.41) is 37.0. The minimum atomic E-state index is -0.139. The van der Waals surface area contributed by atoms with Crippen molar-refractivity contribution >= 4 is 0 Å². The largest absolute Gasteiger partial charge is 0.491 e. The van der Waals surface area contributed by atoms with E-state index in [0.29, 0.717) is 11.8 Å². The van der Waals surface area contributed by atoms with Crippen LogP contribution in [0.1, 0.15) is 87.5 Å². The van der Waals surface area contributed by atoms with E-state index >= 15 is 0 Å². The Hall–Kier alpha value is -4.08. The molecule has 2 aliphatic carbocycles. The van der Waals surface area contributed by atoms with E-state index in [0.717, 1.165) is 74.4 Å². The third-order valence-corrected chi connectivity index (χ3v) is 12.9. The first kappa shape index (κ1) is 40.6. The number of ether oxygens (including phenoxy) is 4. The van der Waals surface area contributed by atoms with Crippen LogP contribution >= 0.6 is 0 Å². The highest BCUT2D eigenvalue weighted by atomic mass is 16.5. The van der Waals surface area contributed by atoms with Crippen LogP contribution in [0.2, 0.25) is 0 Å². The lowest BCUT2D eigenvalue weighted by Crippen LogP contribution is -2.43. The zero-order chi connectivity index (χ0) is 38.7. The maximum atomic E-state index is 9.26. The summed E-state index contributed by atoms with van der Waals surface area (Å²) in [6.45, 7) is 6.08. The Morgan fingerprint density at radius 1 is 0.418 bits per heavy atom. The Kier molecular flexibility index (Phi) is 13.8. The van der Waals surface area contributed by atoms with Crippen molar-refractivity contribution in [3.8, 4) is 23.0 Å². The number of aliphatic hydroxyl groups excluding tert-OH is 4. The van der Waals surface area contributed by atoms with Crippen molar-refractivity contribution < 1.29 is 39.4 Å². The Balaban J connectivity index is 1.21. The van der Waals surface area contributed by atoms with Crippen LogP contribution in [0.15, 0.2) is 97.1 Å². The molecule has 6 rings (SSSR count). The maximum absolute atomic E-state index is 9.26. The Labute approximate surface area is 327 Å². The zero-order valence-corrected chi connectivity index (χ0v) is 32.6. The number of hydrogen-bond acceptors (Lipinski definition) is 8. The molecule has 0 heterocycles. The van der Waals surface area contributed by atoms with Gasteiger partial charge in [0.1, 0.15) is 49.4 Å². The fraction of sp³-hybridized carbons (Fsp3) is 0.489. The van der Waals surface area contributed by atoms with Gasteiger partial charge in [0, 0.05) is 10.8 Å². The summed E-state index contributed by atoms with van der Waals surface area (Å²) >= 11 is 0. The van der Waals surface area contributed by atoms with Gasteiger partial charge in [-0.15, -0.1) is 0 Å². The molecule has 4 aromatic carbocycles. The number of aliphatic hydroxyl groups is 4. The normalized spacial score (nSPS) is 17.4. The molecule has 2 saturated carbocycles. The summed E-state index contributed by atoms with van der Waals surface area (Å²) in [5.41, 5.74) is 5.02. The predicted octanol–water partition coefficient (Wildman–Crippen LogP) is 7.85. The quantitative estimate of drug-likeness (QED) is 0.0813. The standard InChI is InChI=1S/C47H60O8/c1-45(2,35-19-23-46(24-20-35,37-3-11-41(12-4-37)52-31-27-48)38-5-13-42(14-6-38)53-32-28-49)36-21-25-47(26-22-36,39-7-15-43(16-8-39)54-33-29-50)40-9-17-44(18-10-40)55-34-30-51/h3-18,35-36,48-51H,19-34H2,1-2H3. The molecule has 0 spiro atoms. The summed E-state index contributed by atoms with van der Waals surface area (Å²) in [4.78, 5) is 0. The second-order valence-corrected chi connectivity index (χ2v) is 15.9. The van der Waals surface area contributed by atoms with Gasteiger partial charge in [-0.1, -0.05) is 62.4 Å². The van der Waals surface area contributed by atoms with Gasteiger partial charge in [0.15, 0.2) is 0 Å². The first-order chi connectivity index (χ1) is 26.8. The summed E-state index contributed by atoms with van der Waals surface area (Å²) in [7, 11) is 0.